The fourth-order valence-electron chi connectivity index (χ4n) is 6.97. The number of hydrogen-bond acceptors (Lipinski definition) is 9. The van der Waals surface area contributed by atoms with Gasteiger partial charge in [0.15, 0.2) is 0 Å². The molecule has 0 radical (unpaired) electrons. The molecule has 284 valence electrons. The minimum absolute atomic E-state index is 0.0249. The van der Waals surface area contributed by atoms with E-state index in [2.05, 4.69) is 10.0 Å². The molecule has 3 heterocycles. The van der Waals surface area contributed by atoms with Crippen LogP contribution in [0, 0.1) is 11.7 Å². The van der Waals surface area contributed by atoms with E-state index in [1.165, 1.54) is 17.0 Å². The minimum atomic E-state index is -5.32. The molecule has 0 bridgehead atoms. The van der Waals surface area contributed by atoms with Crippen molar-refractivity contribution in [1.82, 2.24) is 25.2 Å². The molecule has 1 unspecified atom stereocenters. The van der Waals surface area contributed by atoms with Crippen LogP contribution in [0.1, 0.15) is 68.9 Å². The van der Waals surface area contributed by atoms with Crippen molar-refractivity contribution in [2.75, 3.05) is 6.54 Å². The van der Waals surface area contributed by atoms with Gasteiger partial charge in [-0.05, 0) is 50.2 Å². The lowest BCUT2D eigenvalue weighted by molar-refractivity contribution is -0.205. The number of rotatable bonds is 6. The maximum atomic E-state index is 14.4. The van der Waals surface area contributed by atoms with Crippen LogP contribution in [-0.2, 0) is 47.0 Å². The summed E-state index contributed by atoms with van der Waals surface area (Å²) in [5, 5.41) is 13.4. The van der Waals surface area contributed by atoms with Crippen LogP contribution in [0.5, 0.6) is 0 Å². The van der Waals surface area contributed by atoms with Crippen molar-refractivity contribution in [3.05, 3.63) is 47.3 Å². The van der Waals surface area contributed by atoms with Crippen LogP contribution >= 0.6 is 0 Å². The zero-order valence-corrected chi connectivity index (χ0v) is 28.7. The summed E-state index contributed by atoms with van der Waals surface area (Å²) >= 11 is 0. The van der Waals surface area contributed by atoms with E-state index in [0.29, 0.717) is 43.2 Å². The second-order valence-electron chi connectivity index (χ2n) is 14.0. The van der Waals surface area contributed by atoms with Crippen LogP contribution in [0.15, 0.2) is 30.4 Å². The Morgan fingerprint density at radius 3 is 2.52 bits per heavy atom. The lowest BCUT2D eigenvalue weighted by Gasteiger charge is -2.30. The Balaban J connectivity index is 1.26. The summed E-state index contributed by atoms with van der Waals surface area (Å²) in [5.74, 6) is -5.86. The van der Waals surface area contributed by atoms with Crippen molar-refractivity contribution in [3.63, 3.8) is 0 Å². The third-order valence-corrected chi connectivity index (χ3v) is 12.0. The van der Waals surface area contributed by atoms with Crippen LogP contribution in [-0.4, -0.2) is 101 Å². The number of allylic oxidation sites excluding steroid dienone is 1. The topological polar surface area (TPSA) is 192 Å². The molecular formula is C33H39F4N5O9S. The Morgan fingerprint density at radius 2 is 1.83 bits per heavy atom. The predicted molar refractivity (Wildman–Crippen MR) is 171 cm³/mol. The summed E-state index contributed by atoms with van der Waals surface area (Å²) in [6.07, 6.45) is -5.24. The number of halogens is 4. The van der Waals surface area contributed by atoms with Gasteiger partial charge in [0.1, 0.15) is 29.5 Å². The molecule has 52 heavy (non-hydrogen) atoms. The fourth-order valence-corrected chi connectivity index (χ4v) is 8.34. The quantitative estimate of drug-likeness (QED) is 0.247. The summed E-state index contributed by atoms with van der Waals surface area (Å²) in [4.78, 5) is 69.5. The fraction of sp³-hybridized carbons (Fsp3) is 0.606. The average Bonchev–Trinajstić information content (AvgIpc) is 3.96. The number of amides is 5. The molecule has 3 fully saturated rings. The highest BCUT2D eigenvalue weighted by Crippen LogP contribution is 2.46. The number of aliphatic hydroxyl groups is 1. The Kier molecular flexibility index (Phi) is 10.3. The van der Waals surface area contributed by atoms with Gasteiger partial charge in [0.05, 0.1) is 18.3 Å². The van der Waals surface area contributed by atoms with Crippen molar-refractivity contribution < 1.29 is 59.8 Å². The molecule has 4 N–H and O–H groups in total. The smallest absolute Gasteiger partial charge is 0.423 e. The van der Waals surface area contributed by atoms with Crippen molar-refractivity contribution >= 4 is 39.7 Å². The van der Waals surface area contributed by atoms with Crippen LogP contribution < -0.4 is 15.4 Å². The SMILES string of the molecule is O=C(N[C@H]1CCCCC/C=C\[C@H]2C[C@@]2(C(=O)NS(=O)(=O)C2CC2)NC(=O)[C@@H]2C[C@@H](OC(=O)N3Cc4cccc(F)c4C3)CN2C1=O)C(O)C(F)(F)F. The van der Waals surface area contributed by atoms with E-state index < -0.39 is 99.3 Å². The Morgan fingerprint density at radius 1 is 1.08 bits per heavy atom. The monoisotopic (exact) mass is 757 g/mol. The Labute approximate surface area is 296 Å². The van der Waals surface area contributed by atoms with E-state index in [1.807, 2.05) is 5.32 Å². The van der Waals surface area contributed by atoms with E-state index in [0.717, 1.165) is 4.90 Å². The van der Waals surface area contributed by atoms with Crippen molar-refractivity contribution in [2.24, 2.45) is 5.92 Å². The van der Waals surface area contributed by atoms with Crippen molar-refractivity contribution in [1.29, 1.82) is 0 Å². The molecular weight excluding hydrogens is 718 g/mol. The largest absolute Gasteiger partial charge is 0.444 e. The number of nitrogens with zero attached hydrogens (tertiary/aromatic N) is 2. The van der Waals surface area contributed by atoms with Gasteiger partial charge in [-0.2, -0.15) is 13.2 Å². The summed E-state index contributed by atoms with van der Waals surface area (Å²) in [5.41, 5.74) is -0.840. The molecule has 6 rings (SSSR count). The number of nitrogens with one attached hydrogen (secondary N) is 3. The van der Waals surface area contributed by atoms with Gasteiger partial charge in [0, 0.05) is 24.4 Å². The van der Waals surface area contributed by atoms with E-state index in [9.17, 15) is 55.1 Å². The van der Waals surface area contributed by atoms with Gasteiger partial charge in [-0.1, -0.05) is 37.1 Å². The summed E-state index contributed by atoms with van der Waals surface area (Å²) < 4.78 is 87.0. The summed E-state index contributed by atoms with van der Waals surface area (Å²) in [6.45, 7) is -0.520. The van der Waals surface area contributed by atoms with Crippen LogP contribution in [0.25, 0.3) is 0 Å². The number of carbonyl (C=O) groups excluding carboxylic acids is 5. The number of benzene rings is 1. The Bertz CT molecular complexity index is 1770. The summed E-state index contributed by atoms with van der Waals surface area (Å²) in [6, 6.07) is 1.28. The third kappa shape index (κ3) is 7.89. The highest BCUT2D eigenvalue weighted by Gasteiger charge is 2.62. The second-order valence-corrected chi connectivity index (χ2v) is 16.0. The third-order valence-electron chi connectivity index (χ3n) is 10.2. The molecule has 14 nitrogen and oxygen atoms in total. The molecule has 0 spiro atoms. The van der Waals surface area contributed by atoms with Gasteiger partial charge in [-0.15, -0.1) is 0 Å². The van der Waals surface area contributed by atoms with Crippen LogP contribution in [0.4, 0.5) is 22.4 Å². The first-order chi connectivity index (χ1) is 24.5. The van der Waals surface area contributed by atoms with Gasteiger partial charge >= 0.3 is 12.3 Å². The number of alkyl halides is 3. The van der Waals surface area contributed by atoms with Gasteiger partial charge in [-0.3, -0.25) is 28.8 Å². The van der Waals surface area contributed by atoms with Crippen molar-refractivity contribution in [2.45, 2.75) is 112 Å². The van der Waals surface area contributed by atoms with Gasteiger partial charge in [0.25, 0.3) is 11.8 Å². The number of sulfonamides is 1. The van der Waals surface area contributed by atoms with Crippen LogP contribution in [0.2, 0.25) is 0 Å². The molecule has 5 aliphatic rings. The average molecular weight is 758 g/mol. The van der Waals surface area contributed by atoms with E-state index >= 15 is 0 Å². The standard InChI is InChI=1S/C33H39F4N5O9S/c34-23-9-6-7-18-15-41(17-22(18)23)31(48)51-20-13-25-27(44)39-32(30(47)40-52(49,50)21-11-12-21)14-19(32)8-4-2-1-3-5-10-24(29(46)42(25)16-20)38-28(45)26(43)33(35,36)37/h4,6-9,19-21,24-26,43H,1-3,5,10-17H2,(H,38,45)(H,39,44)(H,40,47)/b8-4-/t19-,20+,24-,25-,26?,32+/m0/s1. The number of carbonyl (C=O) groups is 5. The predicted octanol–water partition coefficient (Wildman–Crippen LogP) is 1.66. The molecule has 0 aromatic heterocycles. The zero-order chi connectivity index (χ0) is 37.6. The number of hydrogen-bond donors (Lipinski definition) is 4. The normalized spacial score (nSPS) is 29.3. The molecule has 1 saturated heterocycles. The molecule has 5 amide bonds. The maximum Gasteiger partial charge on any atom is 0.423 e. The zero-order valence-electron chi connectivity index (χ0n) is 27.9. The highest BCUT2D eigenvalue weighted by molar-refractivity contribution is 7.91. The molecule has 3 aliphatic heterocycles. The first-order valence-corrected chi connectivity index (χ1v) is 18.7. The summed E-state index contributed by atoms with van der Waals surface area (Å²) in [7, 11) is -4.01. The second kappa shape index (κ2) is 14.3. The molecule has 1 aromatic rings. The molecule has 19 heteroatoms. The van der Waals surface area contributed by atoms with E-state index in [1.54, 1.807) is 18.2 Å². The molecule has 2 saturated carbocycles. The van der Waals surface area contributed by atoms with Gasteiger partial charge in [-0.25, -0.2) is 17.6 Å². The molecule has 1 aromatic carbocycles. The van der Waals surface area contributed by atoms with Gasteiger partial charge in [0.2, 0.25) is 27.9 Å². The first-order valence-electron chi connectivity index (χ1n) is 17.1. The number of aliphatic hydroxyl groups excluding tert-OH is 1. The van der Waals surface area contributed by atoms with E-state index in [-0.39, 0.29) is 38.8 Å². The van der Waals surface area contributed by atoms with E-state index in [4.69, 9.17) is 4.74 Å². The molecule has 6 atom stereocenters. The maximum absolute atomic E-state index is 14.4. The minimum Gasteiger partial charge on any atom is -0.444 e. The van der Waals surface area contributed by atoms with Gasteiger partial charge < -0.3 is 25.4 Å². The van der Waals surface area contributed by atoms with Crippen molar-refractivity contribution in [3.8, 4) is 0 Å². The van der Waals surface area contributed by atoms with Crippen LogP contribution in [0.3, 0.4) is 0 Å². The first kappa shape index (κ1) is 37.5. The molecule has 2 aliphatic carbocycles. The number of ether oxygens (including phenoxy) is 1. The lowest BCUT2D eigenvalue weighted by Crippen LogP contribution is -2.59. The lowest BCUT2D eigenvalue weighted by atomic mass is 10.0. The number of fused-ring (bicyclic) bond motifs is 3. The highest BCUT2D eigenvalue weighted by atomic mass is 32.2. The Hall–Kier alpha value is -4.26.